The van der Waals surface area contributed by atoms with Crippen LogP contribution in [0.15, 0.2) is 18.2 Å². The van der Waals surface area contributed by atoms with Crippen LogP contribution in [0.4, 0.5) is 4.79 Å². The van der Waals surface area contributed by atoms with Crippen molar-refractivity contribution in [1.29, 1.82) is 0 Å². The number of likely N-dealkylation sites (tertiary alicyclic amines) is 1. The van der Waals surface area contributed by atoms with Crippen molar-refractivity contribution in [3.8, 4) is 0 Å². The van der Waals surface area contributed by atoms with Gasteiger partial charge < -0.3 is 9.80 Å². The van der Waals surface area contributed by atoms with Gasteiger partial charge in [-0.1, -0.05) is 42.5 Å². The standard InChI is InChI=1S/C23H27Cl2N3O4/c1-26-22(32)28(21(31)23(26)9-3-2-4-10-23)14-19(29)27-11-7-15(8-12-27)20(30)16-5-6-17(24)18(25)13-16/h5-6,13,15H,2-4,7-12,14H2,1H3. The molecule has 1 aromatic carbocycles. The van der Waals surface area contributed by atoms with Crippen LogP contribution in [-0.4, -0.2) is 70.5 Å². The van der Waals surface area contributed by atoms with Crippen LogP contribution in [0.25, 0.3) is 0 Å². The molecular weight excluding hydrogens is 453 g/mol. The molecule has 0 radical (unpaired) electrons. The largest absolute Gasteiger partial charge is 0.341 e. The highest BCUT2D eigenvalue weighted by molar-refractivity contribution is 6.42. The molecule has 0 unspecified atom stereocenters. The third kappa shape index (κ3) is 4.01. The summed E-state index contributed by atoms with van der Waals surface area (Å²) in [4.78, 5) is 55.8. The number of imide groups is 1. The summed E-state index contributed by atoms with van der Waals surface area (Å²) in [6.45, 7) is 0.580. The summed E-state index contributed by atoms with van der Waals surface area (Å²) in [7, 11) is 1.66. The van der Waals surface area contributed by atoms with E-state index in [9.17, 15) is 19.2 Å². The van der Waals surface area contributed by atoms with Crippen LogP contribution in [0.5, 0.6) is 0 Å². The Balaban J connectivity index is 1.35. The van der Waals surface area contributed by atoms with Crippen LogP contribution in [0.3, 0.4) is 0 Å². The zero-order chi connectivity index (χ0) is 23.0. The van der Waals surface area contributed by atoms with E-state index in [1.165, 1.54) is 4.90 Å². The Bertz CT molecular complexity index is 953. The van der Waals surface area contributed by atoms with Gasteiger partial charge in [0.15, 0.2) is 5.78 Å². The minimum atomic E-state index is -0.783. The van der Waals surface area contributed by atoms with E-state index in [1.807, 2.05) is 0 Å². The Morgan fingerprint density at radius 3 is 2.31 bits per heavy atom. The third-order valence-corrected chi connectivity index (χ3v) is 7.94. The Kier molecular flexibility index (Phi) is 6.50. The fraction of sp³-hybridized carbons (Fsp3) is 0.565. The molecule has 1 saturated carbocycles. The number of nitrogens with zero attached hydrogens (tertiary/aromatic N) is 3. The first-order valence-electron chi connectivity index (χ1n) is 11.1. The molecule has 3 aliphatic rings. The Hall–Kier alpha value is -2.12. The molecule has 1 aliphatic carbocycles. The first kappa shape index (κ1) is 23.1. The van der Waals surface area contributed by atoms with Gasteiger partial charge >= 0.3 is 6.03 Å². The summed E-state index contributed by atoms with van der Waals surface area (Å²) in [6.07, 6.45) is 5.23. The van der Waals surface area contributed by atoms with Gasteiger partial charge in [0, 0.05) is 31.6 Å². The van der Waals surface area contributed by atoms with Crippen molar-refractivity contribution in [2.24, 2.45) is 5.92 Å². The molecule has 0 N–H and O–H groups in total. The molecular formula is C23H27Cl2N3O4. The summed E-state index contributed by atoms with van der Waals surface area (Å²) in [5.74, 6) is -0.722. The fourth-order valence-corrected chi connectivity index (χ4v) is 5.48. The van der Waals surface area contributed by atoms with Gasteiger partial charge in [0.2, 0.25) is 5.91 Å². The molecule has 2 aliphatic heterocycles. The maximum absolute atomic E-state index is 13.1. The van der Waals surface area contributed by atoms with Crippen LogP contribution in [-0.2, 0) is 9.59 Å². The van der Waals surface area contributed by atoms with Crippen LogP contribution in [0.1, 0.15) is 55.3 Å². The molecule has 3 fully saturated rings. The maximum Gasteiger partial charge on any atom is 0.327 e. The van der Waals surface area contributed by atoms with Gasteiger partial charge in [-0.25, -0.2) is 4.79 Å². The second-order valence-corrected chi connectivity index (χ2v) is 9.79. The number of benzene rings is 1. The summed E-state index contributed by atoms with van der Waals surface area (Å²) in [5, 5.41) is 0.737. The van der Waals surface area contributed by atoms with Gasteiger partial charge in [0.1, 0.15) is 12.1 Å². The van der Waals surface area contributed by atoms with Crippen LogP contribution in [0.2, 0.25) is 10.0 Å². The second-order valence-electron chi connectivity index (χ2n) is 8.97. The van der Waals surface area contributed by atoms with E-state index in [2.05, 4.69) is 0 Å². The number of rotatable bonds is 4. The van der Waals surface area contributed by atoms with Gasteiger partial charge in [-0.2, -0.15) is 0 Å². The quantitative estimate of drug-likeness (QED) is 0.482. The number of likely N-dealkylation sites (N-methyl/N-ethyl adjacent to an activating group) is 1. The molecule has 1 spiro atoms. The number of hydrogen-bond donors (Lipinski definition) is 0. The van der Waals surface area contributed by atoms with Crippen molar-refractivity contribution in [1.82, 2.24) is 14.7 Å². The minimum Gasteiger partial charge on any atom is -0.341 e. The average Bonchev–Trinajstić information content (AvgIpc) is 2.97. The predicted molar refractivity (Wildman–Crippen MR) is 121 cm³/mol. The Morgan fingerprint density at radius 2 is 1.69 bits per heavy atom. The molecule has 4 rings (SSSR count). The molecule has 0 atom stereocenters. The monoisotopic (exact) mass is 479 g/mol. The highest BCUT2D eigenvalue weighted by atomic mass is 35.5. The molecule has 32 heavy (non-hydrogen) atoms. The van der Waals surface area contributed by atoms with Gasteiger partial charge in [-0.05, 0) is 43.9 Å². The van der Waals surface area contributed by atoms with Gasteiger partial charge in [0.05, 0.1) is 10.0 Å². The number of carbonyl (C=O) groups excluding carboxylic acids is 4. The summed E-state index contributed by atoms with van der Waals surface area (Å²) < 4.78 is 0. The smallest absolute Gasteiger partial charge is 0.327 e. The lowest BCUT2D eigenvalue weighted by atomic mass is 9.81. The predicted octanol–water partition coefficient (Wildman–Crippen LogP) is 4.01. The number of halogens is 2. The first-order valence-corrected chi connectivity index (χ1v) is 11.9. The number of carbonyl (C=O) groups is 4. The molecule has 9 heteroatoms. The van der Waals surface area contributed by atoms with Crippen LogP contribution < -0.4 is 0 Å². The molecule has 2 heterocycles. The van der Waals surface area contributed by atoms with Crippen molar-refractivity contribution in [3.05, 3.63) is 33.8 Å². The zero-order valence-electron chi connectivity index (χ0n) is 18.1. The topological polar surface area (TPSA) is 78.0 Å². The number of urea groups is 1. The normalized spacial score (nSPS) is 21.5. The number of amides is 4. The lowest BCUT2D eigenvalue weighted by Gasteiger charge is -2.36. The van der Waals surface area contributed by atoms with E-state index in [-0.39, 0.29) is 30.1 Å². The lowest BCUT2D eigenvalue weighted by Crippen LogP contribution is -2.50. The fourth-order valence-electron chi connectivity index (χ4n) is 5.18. The summed E-state index contributed by atoms with van der Waals surface area (Å²) in [5.41, 5.74) is -0.271. The maximum atomic E-state index is 13.1. The zero-order valence-corrected chi connectivity index (χ0v) is 19.6. The van der Waals surface area contributed by atoms with Gasteiger partial charge in [-0.15, -0.1) is 0 Å². The summed E-state index contributed by atoms with van der Waals surface area (Å²) >= 11 is 12.0. The van der Waals surface area contributed by atoms with Gasteiger partial charge in [0.25, 0.3) is 5.91 Å². The number of piperidine rings is 1. The molecule has 172 valence electrons. The Labute approximate surface area is 197 Å². The molecule has 2 saturated heterocycles. The lowest BCUT2D eigenvalue weighted by molar-refractivity contribution is -0.141. The molecule has 0 aromatic heterocycles. The highest BCUT2D eigenvalue weighted by Crippen LogP contribution is 2.39. The van der Waals surface area contributed by atoms with Crippen molar-refractivity contribution in [3.63, 3.8) is 0 Å². The van der Waals surface area contributed by atoms with Gasteiger partial charge in [-0.3, -0.25) is 19.3 Å². The number of Topliss-reactive ketones (excluding diaryl/α,β-unsaturated/α-hetero) is 1. The van der Waals surface area contributed by atoms with E-state index >= 15 is 0 Å². The molecule has 1 aromatic rings. The average molecular weight is 480 g/mol. The Morgan fingerprint density at radius 1 is 1.03 bits per heavy atom. The molecule has 4 amide bonds. The van der Waals surface area contributed by atoms with E-state index < -0.39 is 11.6 Å². The number of hydrogen-bond acceptors (Lipinski definition) is 4. The van der Waals surface area contributed by atoms with Crippen molar-refractivity contribution in [2.75, 3.05) is 26.7 Å². The van der Waals surface area contributed by atoms with E-state index in [0.717, 1.165) is 24.2 Å². The minimum absolute atomic E-state index is 0.0126. The van der Waals surface area contributed by atoms with Crippen molar-refractivity contribution in [2.45, 2.75) is 50.5 Å². The van der Waals surface area contributed by atoms with Crippen molar-refractivity contribution >= 4 is 46.8 Å². The van der Waals surface area contributed by atoms with E-state index in [1.54, 1.807) is 30.1 Å². The van der Waals surface area contributed by atoms with Crippen LogP contribution in [0, 0.1) is 5.92 Å². The highest BCUT2D eigenvalue weighted by Gasteiger charge is 2.56. The molecule has 7 nitrogen and oxygen atoms in total. The van der Waals surface area contributed by atoms with Crippen molar-refractivity contribution < 1.29 is 19.2 Å². The summed E-state index contributed by atoms with van der Waals surface area (Å²) in [6, 6.07) is 4.45. The van der Waals surface area contributed by atoms with E-state index in [4.69, 9.17) is 23.2 Å². The third-order valence-electron chi connectivity index (χ3n) is 7.20. The first-order chi connectivity index (χ1) is 15.2. The van der Waals surface area contributed by atoms with E-state index in [0.29, 0.717) is 54.4 Å². The molecule has 0 bridgehead atoms. The van der Waals surface area contributed by atoms with Crippen LogP contribution >= 0.6 is 23.2 Å². The second kappa shape index (κ2) is 9.02. The number of ketones is 1. The SMILES string of the molecule is CN1C(=O)N(CC(=O)N2CCC(C(=O)c3ccc(Cl)c(Cl)c3)CC2)C(=O)C12CCCCC2.